The van der Waals surface area contributed by atoms with Gasteiger partial charge in [0.1, 0.15) is 5.75 Å². The highest BCUT2D eigenvalue weighted by atomic mass is 16.5. The molecule has 1 aromatic rings. The number of rotatable bonds is 8. The molecule has 18 heavy (non-hydrogen) atoms. The number of ether oxygens (including phenoxy) is 1. The zero-order chi connectivity index (χ0) is 13.4. The van der Waals surface area contributed by atoms with Crippen LogP contribution in [-0.4, -0.2) is 12.6 Å². The van der Waals surface area contributed by atoms with E-state index in [1.54, 1.807) is 0 Å². The molecule has 0 spiro atoms. The van der Waals surface area contributed by atoms with Gasteiger partial charge >= 0.3 is 0 Å². The van der Waals surface area contributed by atoms with Gasteiger partial charge in [0.2, 0.25) is 0 Å². The summed E-state index contributed by atoms with van der Waals surface area (Å²) in [5.74, 6) is 1.65. The van der Waals surface area contributed by atoms with Crippen molar-refractivity contribution >= 4 is 0 Å². The van der Waals surface area contributed by atoms with E-state index >= 15 is 0 Å². The van der Waals surface area contributed by atoms with Crippen molar-refractivity contribution in [3.8, 4) is 5.75 Å². The summed E-state index contributed by atoms with van der Waals surface area (Å²) in [7, 11) is 0. The quantitative estimate of drug-likeness (QED) is 0.761. The van der Waals surface area contributed by atoms with Crippen LogP contribution in [0.25, 0.3) is 0 Å². The molecule has 0 saturated heterocycles. The zero-order valence-corrected chi connectivity index (χ0v) is 12.0. The average Bonchev–Trinajstić information content (AvgIpc) is 2.39. The zero-order valence-electron chi connectivity index (χ0n) is 12.0. The second kappa shape index (κ2) is 8.15. The Hall–Kier alpha value is -1.02. The van der Waals surface area contributed by atoms with E-state index in [9.17, 15) is 0 Å². The standard InChI is InChI=1S/C16H27NO/c1-4-14(5-2)12-18-16-10-8-15(9-11-16)7-6-13(3)17/h8-11,13-14H,4-7,12,17H2,1-3H3. The van der Waals surface area contributed by atoms with Crippen LogP contribution in [0.4, 0.5) is 0 Å². The Balaban J connectivity index is 2.40. The fraction of sp³-hybridized carbons (Fsp3) is 0.625. The van der Waals surface area contributed by atoms with Crippen LogP contribution in [0.2, 0.25) is 0 Å². The monoisotopic (exact) mass is 249 g/mol. The summed E-state index contributed by atoms with van der Waals surface area (Å²) >= 11 is 0. The lowest BCUT2D eigenvalue weighted by Gasteiger charge is -2.14. The van der Waals surface area contributed by atoms with Crippen molar-refractivity contribution in [1.82, 2.24) is 0 Å². The number of aryl methyl sites for hydroxylation is 1. The first-order valence-electron chi connectivity index (χ1n) is 7.13. The van der Waals surface area contributed by atoms with Crippen LogP contribution >= 0.6 is 0 Å². The first-order valence-corrected chi connectivity index (χ1v) is 7.13. The molecule has 1 atom stereocenters. The van der Waals surface area contributed by atoms with Gasteiger partial charge in [0.25, 0.3) is 0 Å². The van der Waals surface area contributed by atoms with Crippen molar-refractivity contribution < 1.29 is 4.74 Å². The molecule has 0 amide bonds. The molecule has 0 aromatic heterocycles. The summed E-state index contributed by atoms with van der Waals surface area (Å²) < 4.78 is 5.81. The lowest BCUT2D eigenvalue weighted by atomic mass is 10.1. The fourth-order valence-electron chi connectivity index (χ4n) is 1.89. The van der Waals surface area contributed by atoms with Gasteiger partial charge in [-0.15, -0.1) is 0 Å². The molecule has 0 fully saturated rings. The van der Waals surface area contributed by atoms with Crippen molar-refractivity contribution in [3.63, 3.8) is 0 Å². The second-order valence-corrected chi connectivity index (χ2v) is 5.15. The molecule has 102 valence electrons. The van der Waals surface area contributed by atoms with E-state index in [2.05, 4.69) is 38.1 Å². The molecule has 0 aliphatic heterocycles. The molecule has 0 heterocycles. The molecule has 1 unspecified atom stereocenters. The van der Waals surface area contributed by atoms with E-state index in [4.69, 9.17) is 10.5 Å². The fourth-order valence-corrected chi connectivity index (χ4v) is 1.89. The molecule has 2 nitrogen and oxygen atoms in total. The first kappa shape index (κ1) is 15.0. The number of hydrogen-bond acceptors (Lipinski definition) is 2. The minimum Gasteiger partial charge on any atom is -0.493 e. The number of hydrogen-bond donors (Lipinski definition) is 1. The molecule has 0 bridgehead atoms. The van der Waals surface area contributed by atoms with E-state index in [1.165, 1.54) is 18.4 Å². The minimum absolute atomic E-state index is 0.274. The summed E-state index contributed by atoms with van der Waals surface area (Å²) in [6.45, 7) is 7.31. The van der Waals surface area contributed by atoms with Crippen LogP contribution in [0, 0.1) is 5.92 Å². The molecule has 0 radical (unpaired) electrons. The maximum atomic E-state index is 5.81. The molecule has 1 aromatic carbocycles. The number of benzene rings is 1. The molecule has 0 aliphatic rings. The van der Waals surface area contributed by atoms with Crippen molar-refractivity contribution in [3.05, 3.63) is 29.8 Å². The van der Waals surface area contributed by atoms with E-state index in [0.29, 0.717) is 5.92 Å². The van der Waals surface area contributed by atoms with Gasteiger partial charge in [-0.25, -0.2) is 0 Å². The highest BCUT2D eigenvalue weighted by Gasteiger charge is 2.04. The lowest BCUT2D eigenvalue weighted by Crippen LogP contribution is -2.15. The molecule has 1 rings (SSSR count). The lowest BCUT2D eigenvalue weighted by molar-refractivity contribution is 0.240. The van der Waals surface area contributed by atoms with Crippen molar-refractivity contribution in [1.29, 1.82) is 0 Å². The number of nitrogens with two attached hydrogens (primary N) is 1. The topological polar surface area (TPSA) is 35.2 Å². The van der Waals surface area contributed by atoms with Crippen molar-refractivity contribution in [2.45, 2.75) is 52.5 Å². The largest absolute Gasteiger partial charge is 0.493 e. The highest BCUT2D eigenvalue weighted by molar-refractivity contribution is 5.27. The van der Waals surface area contributed by atoms with Crippen LogP contribution in [0.3, 0.4) is 0 Å². The molecular weight excluding hydrogens is 222 g/mol. The SMILES string of the molecule is CCC(CC)COc1ccc(CCC(C)N)cc1. The summed E-state index contributed by atoms with van der Waals surface area (Å²) in [5.41, 5.74) is 7.09. The van der Waals surface area contributed by atoms with Gasteiger partial charge in [-0.3, -0.25) is 0 Å². The third-order valence-electron chi connectivity index (χ3n) is 3.45. The van der Waals surface area contributed by atoms with Crippen molar-refractivity contribution in [2.75, 3.05) is 6.61 Å². The highest BCUT2D eigenvalue weighted by Crippen LogP contribution is 2.16. The van der Waals surface area contributed by atoms with Gasteiger partial charge < -0.3 is 10.5 Å². The van der Waals surface area contributed by atoms with E-state index in [0.717, 1.165) is 25.2 Å². The maximum Gasteiger partial charge on any atom is 0.119 e. The molecule has 0 aliphatic carbocycles. The first-order chi connectivity index (χ1) is 8.65. The Kier molecular flexibility index (Phi) is 6.81. The Labute approximate surface area is 112 Å². The van der Waals surface area contributed by atoms with Gasteiger partial charge in [-0.2, -0.15) is 0 Å². The molecule has 2 N–H and O–H groups in total. The smallest absolute Gasteiger partial charge is 0.119 e. The van der Waals surface area contributed by atoms with Gasteiger partial charge in [0, 0.05) is 6.04 Å². The van der Waals surface area contributed by atoms with Gasteiger partial charge in [0.05, 0.1) is 6.61 Å². The summed E-state index contributed by atoms with van der Waals surface area (Å²) in [5, 5.41) is 0. The third-order valence-corrected chi connectivity index (χ3v) is 3.45. The summed E-state index contributed by atoms with van der Waals surface area (Å²) in [4.78, 5) is 0. The van der Waals surface area contributed by atoms with Crippen molar-refractivity contribution in [2.24, 2.45) is 11.7 Å². The van der Waals surface area contributed by atoms with E-state index < -0.39 is 0 Å². The third kappa shape index (κ3) is 5.54. The average molecular weight is 249 g/mol. The second-order valence-electron chi connectivity index (χ2n) is 5.15. The summed E-state index contributed by atoms with van der Waals surface area (Å²) in [6.07, 6.45) is 4.45. The minimum atomic E-state index is 0.274. The predicted octanol–water partition coefficient (Wildman–Crippen LogP) is 3.78. The van der Waals surface area contributed by atoms with Crippen LogP contribution < -0.4 is 10.5 Å². The normalized spacial score (nSPS) is 12.7. The van der Waals surface area contributed by atoms with Gasteiger partial charge in [-0.1, -0.05) is 38.8 Å². The molecular formula is C16H27NO. The van der Waals surface area contributed by atoms with Crippen LogP contribution in [-0.2, 0) is 6.42 Å². The van der Waals surface area contributed by atoms with Crippen LogP contribution in [0.1, 0.15) is 45.6 Å². The van der Waals surface area contributed by atoms with E-state index in [1.807, 2.05) is 6.92 Å². The molecule has 0 saturated carbocycles. The van der Waals surface area contributed by atoms with E-state index in [-0.39, 0.29) is 6.04 Å². The Morgan fingerprint density at radius 1 is 1.11 bits per heavy atom. The van der Waals surface area contributed by atoms with Gasteiger partial charge in [-0.05, 0) is 43.4 Å². The maximum absolute atomic E-state index is 5.81. The Morgan fingerprint density at radius 3 is 2.22 bits per heavy atom. The van der Waals surface area contributed by atoms with Crippen LogP contribution in [0.5, 0.6) is 5.75 Å². The predicted molar refractivity (Wildman–Crippen MR) is 78.0 cm³/mol. The van der Waals surface area contributed by atoms with Crippen LogP contribution in [0.15, 0.2) is 24.3 Å². The van der Waals surface area contributed by atoms with Gasteiger partial charge in [0.15, 0.2) is 0 Å². The summed E-state index contributed by atoms with van der Waals surface area (Å²) in [6, 6.07) is 8.70. The Bertz CT molecular complexity index is 314. The Morgan fingerprint density at radius 2 is 1.72 bits per heavy atom. The molecule has 2 heteroatoms.